The van der Waals surface area contributed by atoms with Crippen molar-refractivity contribution >= 4 is 38.9 Å². The molecule has 32 heavy (non-hydrogen) atoms. The van der Waals surface area contributed by atoms with E-state index in [0.29, 0.717) is 16.5 Å². The Balaban J connectivity index is 1.40. The van der Waals surface area contributed by atoms with Crippen molar-refractivity contribution in [3.8, 4) is 5.75 Å². The first kappa shape index (κ1) is 22.2. The van der Waals surface area contributed by atoms with Crippen LogP contribution in [0.2, 0.25) is 5.02 Å². The number of nitrogens with zero attached hydrogens (tertiary/aromatic N) is 1. The van der Waals surface area contributed by atoms with Gasteiger partial charge in [0, 0.05) is 16.8 Å². The molecule has 0 saturated heterocycles. The summed E-state index contributed by atoms with van der Waals surface area (Å²) in [5.41, 5.74) is 3.30. The van der Waals surface area contributed by atoms with Gasteiger partial charge >= 0.3 is 0 Å². The SMILES string of the molecule is Cc1ccc(NS(=O)(=O)c2ccc(OCC(=O)N3c4ccccc4C[C@@H]3C)cc2)cc1Cl. The van der Waals surface area contributed by atoms with Crippen molar-refractivity contribution in [3.05, 3.63) is 82.9 Å². The van der Waals surface area contributed by atoms with Crippen LogP contribution >= 0.6 is 11.6 Å². The first-order valence-corrected chi connectivity index (χ1v) is 12.0. The number of sulfonamides is 1. The van der Waals surface area contributed by atoms with Crippen molar-refractivity contribution in [3.63, 3.8) is 0 Å². The number of ether oxygens (including phenoxy) is 1. The number of nitrogens with one attached hydrogen (secondary N) is 1. The second kappa shape index (κ2) is 8.84. The van der Waals surface area contributed by atoms with Crippen LogP contribution in [0.1, 0.15) is 18.1 Å². The van der Waals surface area contributed by atoms with Gasteiger partial charge < -0.3 is 9.64 Å². The van der Waals surface area contributed by atoms with E-state index in [1.54, 1.807) is 23.1 Å². The lowest BCUT2D eigenvalue weighted by molar-refractivity contribution is -0.120. The van der Waals surface area contributed by atoms with Gasteiger partial charge in [0.15, 0.2) is 6.61 Å². The largest absolute Gasteiger partial charge is 0.484 e. The predicted molar refractivity (Wildman–Crippen MR) is 126 cm³/mol. The molecule has 4 rings (SSSR count). The quantitative estimate of drug-likeness (QED) is 0.561. The minimum atomic E-state index is -3.78. The number of carbonyl (C=O) groups excluding carboxylic acids is 1. The summed E-state index contributed by atoms with van der Waals surface area (Å²) in [5.74, 6) is 0.271. The highest BCUT2D eigenvalue weighted by Gasteiger charge is 2.30. The molecule has 1 amide bonds. The number of fused-ring (bicyclic) bond motifs is 1. The molecular weight excluding hydrogens is 448 g/mol. The van der Waals surface area contributed by atoms with Gasteiger partial charge in [-0.15, -0.1) is 0 Å². The van der Waals surface area contributed by atoms with E-state index in [9.17, 15) is 13.2 Å². The normalized spacial score (nSPS) is 15.3. The molecule has 0 spiro atoms. The maximum Gasteiger partial charge on any atom is 0.265 e. The van der Waals surface area contributed by atoms with Crippen molar-refractivity contribution in [1.29, 1.82) is 0 Å². The Morgan fingerprint density at radius 1 is 1.12 bits per heavy atom. The summed E-state index contributed by atoms with van der Waals surface area (Å²) in [6.07, 6.45) is 0.813. The molecular formula is C24H23ClN2O4S. The van der Waals surface area contributed by atoms with Crippen LogP contribution in [0.25, 0.3) is 0 Å². The van der Waals surface area contributed by atoms with Crippen molar-refractivity contribution in [2.24, 2.45) is 0 Å². The van der Waals surface area contributed by atoms with Gasteiger partial charge in [-0.2, -0.15) is 0 Å². The zero-order valence-corrected chi connectivity index (χ0v) is 19.3. The summed E-state index contributed by atoms with van der Waals surface area (Å²) in [5, 5.41) is 0.480. The molecule has 0 bridgehead atoms. The second-order valence-corrected chi connectivity index (χ2v) is 9.86. The molecule has 3 aromatic rings. The molecule has 6 nitrogen and oxygen atoms in total. The van der Waals surface area contributed by atoms with Crippen LogP contribution in [0.5, 0.6) is 5.75 Å². The Morgan fingerprint density at radius 3 is 2.56 bits per heavy atom. The molecule has 0 fully saturated rings. The van der Waals surface area contributed by atoms with Gasteiger partial charge in [-0.3, -0.25) is 9.52 Å². The molecule has 8 heteroatoms. The minimum Gasteiger partial charge on any atom is -0.484 e. The molecule has 0 aliphatic carbocycles. The van der Waals surface area contributed by atoms with Crippen LogP contribution in [0.15, 0.2) is 71.6 Å². The van der Waals surface area contributed by atoms with Crippen LogP contribution in [0.3, 0.4) is 0 Å². The number of amides is 1. The van der Waals surface area contributed by atoms with Crippen molar-refractivity contribution in [1.82, 2.24) is 0 Å². The van der Waals surface area contributed by atoms with Gasteiger partial charge in [0.2, 0.25) is 0 Å². The summed E-state index contributed by atoms with van der Waals surface area (Å²) in [7, 11) is -3.78. The standard InChI is InChI=1S/C24H23ClN2O4S/c1-16-7-8-19(14-22(16)25)26-32(29,30)21-11-9-20(10-12-21)31-15-24(28)27-17(2)13-18-5-3-4-6-23(18)27/h3-12,14,17,26H,13,15H2,1-2H3/t17-/m0/s1. The highest BCUT2D eigenvalue weighted by atomic mass is 35.5. The number of benzene rings is 3. The third kappa shape index (κ3) is 4.59. The van der Waals surface area contributed by atoms with Gasteiger partial charge in [-0.05, 0) is 73.9 Å². The molecule has 1 N–H and O–H groups in total. The average molecular weight is 471 g/mol. The fraction of sp³-hybridized carbons (Fsp3) is 0.208. The Labute approximate surface area is 192 Å². The number of rotatable bonds is 6. The number of hydrogen-bond acceptors (Lipinski definition) is 4. The van der Waals surface area contributed by atoms with E-state index < -0.39 is 10.0 Å². The first-order chi connectivity index (χ1) is 15.2. The Morgan fingerprint density at radius 2 is 1.84 bits per heavy atom. The molecule has 0 saturated carbocycles. The first-order valence-electron chi connectivity index (χ1n) is 10.2. The number of hydrogen-bond donors (Lipinski definition) is 1. The number of para-hydroxylation sites is 1. The molecule has 166 valence electrons. The van der Waals surface area contributed by atoms with Gasteiger partial charge in [-0.1, -0.05) is 35.9 Å². The highest BCUT2D eigenvalue weighted by molar-refractivity contribution is 7.92. The topological polar surface area (TPSA) is 75.7 Å². The van der Waals surface area contributed by atoms with E-state index in [0.717, 1.165) is 23.2 Å². The van der Waals surface area contributed by atoms with Crippen molar-refractivity contribution < 1.29 is 17.9 Å². The molecule has 1 heterocycles. The van der Waals surface area contributed by atoms with Crippen LogP contribution in [-0.4, -0.2) is 27.0 Å². The van der Waals surface area contributed by atoms with Crippen LogP contribution in [0.4, 0.5) is 11.4 Å². The summed E-state index contributed by atoms with van der Waals surface area (Å²) in [6, 6.07) is 18.8. The van der Waals surface area contributed by atoms with Crippen molar-refractivity contribution in [2.45, 2.75) is 31.2 Å². The molecule has 1 atom stereocenters. The lowest BCUT2D eigenvalue weighted by atomic mass is 10.1. The fourth-order valence-corrected chi connectivity index (χ4v) is 4.98. The van der Waals surface area contributed by atoms with E-state index in [-0.39, 0.29) is 23.5 Å². The Hall–Kier alpha value is -3.03. The summed E-state index contributed by atoms with van der Waals surface area (Å²) in [4.78, 5) is 14.6. The molecule has 3 aromatic carbocycles. The number of carbonyl (C=O) groups is 1. The van der Waals surface area contributed by atoms with E-state index in [2.05, 4.69) is 4.72 Å². The van der Waals surface area contributed by atoms with Crippen molar-refractivity contribution in [2.75, 3.05) is 16.2 Å². The van der Waals surface area contributed by atoms with E-state index in [4.69, 9.17) is 16.3 Å². The van der Waals surface area contributed by atoms with Gasteiger partial charge in [0.05, 0.1) is 10.6 Å². The molecule has 0 unspecified atom stereocenters. The van der Waals surface area contributed by atoms with E-state index >= 15 is 0 Å². The summed E-state index contributed by atoms with van der Waals surface area (Å²) in [6.45, 7) is 3.71. The van der Waals surface area contributed by atoms with Gasteiger partial charge in [0.1, 0.15) is 5.75 Å². The van der Waals surface area contributed by atoms with Gasteiger partial charge in [0.25, 0.3) is 15.9 Å². The molecule has 0 radical (unpaired) electrons. The number of halogens is 1. The summed E-state index contributed by atoms with van der Waals surface area (Å²) < 4.78 is 33.4. The maximum atomic E-state index is 12.8. The fourth-order valence-electron chi connectivity index (χ4n) is 3.75. The maximum absolute atomic E-state index is 12.8. The third-order valence-corrected chi connectivity index (χ3v) is 7.20. The lowest BCUT2D eigenvalue weighted by Gasteiger charge is -2.22. The van der Waals surface area contributed by atoms with Crippen LogP contribution < -0.4 is 14.4 Å². The predicted octanol–water partition coefficient (Wildman–Crippen LogP) is 4.81. The second-order valence-electron chi connectivity index (χ2n) is 7.78. The smallest absolute Gasteiger partial charge is 0.265 e. The van der Waals surface area contributed by atoms with Crippen LogP contribution in [-0.2, 0) is 21.2 Å². The zero-order valence-electron chi connectivity index (χ0n) is 17.7. The lowest BCUT2D eigenvalue weighted by Crippen LogP contribution is -2.39. The minimum absolute atomic E-state index is 0.0670. The van der Waals surface area contributed by atoms with E-state index in [1.165, 1.54) is 24.3 Å². The Kier molecular flexibility index (Phi) is 6.13. The number of aryl methyl sites for hydroxylation is 1. The molecule has 1 aliphatic rings. The average Bonchev–Trinajstić information content (AvgIpc) is 3.10. The molecule has 1 aliphatic heterocycles. The summed E-state index contributed by atoms with van der Waals surface area (Å²) >= 11 is 6.07. The third-order valence-electron chi connectivity index (χ3n) is 5.40. The Bertz CT molecular complexity index is 1260. The highest BCUT2D eigenvalue weighted by Crippen LogP contribution is 2.32. The van der Waals surface area contributed by atoms with Gasteiger partial charge in [-0.25, -0.2) is 8.42 Å². The monoisotopic (exact) mass is 470 g/mol. The van der Waals surface area contributed by atoms with Crippen LogP contribution in [0, 0.1) is 6.92 Å². The zero-order chi connectivity index (χ0) is 22.9. The number of anilines is 2. The molecule has 0 aromatic heterocycles. The van der Waals surface area contributed by atoms with E-state index in [1.807, 2.05) is 38.1 Å².